The maximum atomic E-state index is 13.5. The Balaban J connectivity index is 1.50. The van der Waals surface area contributed by atoms with Crippen LogP contribution in [0.5, 0.6) is 11.5 Å². The number of aliphatic carboxylic acids is 1. The number of carboxylic acid groups (broad SMARTS) is 1. The molecule has 3 aromatic carbocycles. The second-order valence-corrected chi connectivity index (χ2v) is 10.4. The number of amides is 1. The number of carbonyl (C=O) groups is 2. The summed E-state index contributed by atoms with van der Waals surface area (Å²) in [7, 11) is 0. The maximum Gasteiger partial charge on any atom is 0.573 e. The van der Waals surface area contributed by atoms with Crippen LogP contribution in [-0.4, -0.2) is 36.1 Å². The molecular weight excluding hydrogens is 580 g/mol. The molecule has 0 aliphatic heterocycles. The number of ether oxygens (including phenoxy) is 2. The highest BCUT2D eigenvalue weighted by Crippen LogP contribution is 2.50. The zero-order valence-electron chi connectivity index (χ0n) is 22.8. The van der Waals surface area contributed by atoms with E-state index in [1.54, 1.807) is 48.5 Å². The number of benzene rings is 3. The summed E-state index contributed by atoms with van der Waals surface area (Å²) in [6.45, 7) is 0.0327. The van der Waals surface area contributed by atoms with Crippen molar-refractivity contribution in [2.24, 2.45) is 5.92 Å². The first-order valence-corrected chi connectivity index (χ1v) is 13.5. The highest BCUT2D eigenvalue weighted by molar-refractivity contribution is 5.94. The fraction of sp³-hybridized carbons (Fsp3) is 0.355. The zero-order chi connectivity index (χ0) is 31.3. The Morgan fingerprint density at radius 2 is 1.35 bits per heavy atom. The Labute approximate surface area is 243 Å². The maximum absolute atomic E-state index is 13.5. The monoisotopic (exact) mass is 609 g/mol. The van der Waals surface area contributed by atoms with E-state index in [0.29, 0.717) is 16.9 Å². The lowest BCUT2D eigenvalue weighted by atomic mass is 9.63. The average molecular weight is 610 g/mol. The summed E-state index contributed by atoms with van der Waals surface area (Å²) in [6.07, 6.45) is -8.97. The highest BCUT2D eigenvalue weighted by atomic mass is 19.4. The van der Waals surface area contributed by atoms with Crippen LogP contribution in [0.3, 0.4) is 0 Å². The Morgan fingerprint density at radius 1 is 0.814 bits per heavy atom. The summed E-state index contributed by atoms with van der Waals surface area (Å²) in [4.78, 5) is 23.1. The fourth-order valence-corrected chi connectivity index (χ4v) is 5.33. The fourth-order valence-electron chi connectivity index (χ4n) is 5.33. The molecule has 0 heterocycles. The molecule has 12 heteroatoms. The molecule has 0 saturated heterocycles. The third kappa shape index (κ3) is 8.42. The second kappa shape index (κ2) is 13.0. The number of hydrogen-bond acceptors (Lipinski definition) is 4. The van der Waals surface area contributed by atoms with E-state index >= 15 is 0 Å². The molecule has 3 aromatic rings. The molecule has 0 bridgehead atoms. The molecule has 6 nitrogen and oxygen atoms in total. The number of carboxylic acids is 1. The van der Waals surface area contributed by atoms with E-state index in [1.165, 1.54) is 24.3 Å². The van der Waals surface area contributed by atoms with Crippen LogP contribution in [0.15, 0.2) is 72.8 Å². The molecule has 4 rings (SSSR count). The number of carbonyl (C=O) groups excluding carboxylic acids is 1. The molecule has 1 saturated carbocycles. The number of hydrogen-bond donors (Lipinski definition) is 2. The minimum Gasteiger partial charge on any atom is -0.489 e. The largest absolute Gasteiger partial charge is 0.573 e. The molecule has 1 amide bonds. The van der Waals surface area contributed by atoms with E-state index < -0.39 is 35.7 Å². The summed E-state index contributed by atoms with van der Waals surface area (Å²) < 4.78 is 87.3. The first-order chi connectivity index (χ1) is 20.2. The predicted molar refractivity (Wildman–Crippen MR) is 144 cm³/mol. The molecule has 0 radical (unpaired) electrons. The van der Waals surface area contributed by atoms with Crippen LogP contribution in [0, 0.1) is 5.92 Å². The standard InChI is InChI=1S/C31H29F6NO5/c32-30(33,34)24-13-16-29(17-14-24,22-5-3-21(4-6-22)28(41)38-18-15-27(39)40)23-7-11-25(12-8-23)42-19-20-1-9-26(10-2-20)43-31(35,36)37/h1-12,24H,13-19H2,(H,38,41)(H,39,40). The summed E-state index contributed by atoms with van der Waals surface area (Å²) in [5.41, 5.74) is 1.70. The van der Waals surface area contributed by atoms with Crippen molar-refractivity contribution in [1.29, 1.82) is 0 Å². The van der Waals surface area contributed by atoms with Crippen LogP contribution in [-0.2, 0) is 16.8 Å². The number of rotatable bonds is 10. The van der Waals surface area contributed by atoms with E-state index in [2.05, 4.69) is 10.1 Å². The van der Waals surface area contributed by atoms with Gasteiger partial charge in [-0.05, 0) is 78.8 Å². The number of nitrogens with one attached hydrogen (secondary N) is 1. The molecule has 1 aliphatic rings. The molecular formula is C31H29F6NO5. The molecule has 0 spiro atoms. The molecule has 0 unspecified atom stereocenters. The zero-order valence-corrected chi connectivity index (χ0v) is 22.8. The highest BCUT2D eigenvalue weighted by Gasteiger charge is 2.47. The van der Waals surface area contributed by atoms with Gasteiger partial charge in [0.1, 0.15) is 18.1 Å². The SMILES string of the molecule is O=C(O)CCNC(=O)c1ccc(C2(c3ccc(OCc4ccc(OC(F)(F)F)cc4)cc3)CCC(C(F)(F)F)CC2)cc1. The first-order valence-electron chi connectivity index (χ1n) is 13.5. The summed E-state index contributed by atoms with van der Waals surface area (Å²) in [5, 5.41) is 11.3. The van der Waals surface area contributed by atoms with Crippen molar-refractivity contribution in [3.8, 4) is 11.5 Å². The predicted octanol–water partition coefficient (Wildman–Crippen LogP) is 7.41. The van der Waals surface area contributed by atoms with Crippen LogP contribution in [0.4, 0.5) is 26.3 Å². The van der Waals surface area contributed by atoms with Crippen molar-refractivity contribution in [2.75, 3.05) is 6.54 Å². The van der Waals surface area contributed by atoms with Gasteiger partial charge in [0.15, 0.2) is 0 Å². The number of halogens is 6. The number of alkyl halides is 6. The Bertz CT molecular complexity index is 1380. The summed E-state index contributed by atoms with van der Waals surface area (Å²) in [6, 6.07) is 18.8. The molecule has 0 atom stereocenters. The van der Waals surface area contributed by atoms with Gasteiger partial charge in [0.25, 0.3) is 5.91 Å². The van der Waals surface area contributed by atoms with Gasteiger partial charge in [0, 0.05) is 17.5 Å². The lowest BCUT2D eigenvalue weighted by Gasteiger charge is -2.42. The lowest BCUT2D eigenvalue weighted by molar-refractivity contribution is -0.274. The molecule has 0 aromatic heterocycles. The van der Waals surface area contributed by atoms with Crippen LogP contribution < -0.4 is 14.8 Å². The van der Waals surface area contributed by atoms with E-state index in [-0.39, 0.29) is 51.0 Å². The normalized spacial score (nSPS) is 19.0. The van der Waals surface area contributed by atoms with Gasteiger partial charge in [0.05, 0.1) is 12.3 Å². The van der Waals surface area contributed by atoms with Gasteiger partial charge in [-0.3, -0.25) is 9.59 Å². The van der Waals surface area contributed by atoms with Crippen LogP contribution in [0.2, 0.25) is 0 Å². The van der Waals surface area contributed by atoms with Crippen molar-refractivity contribution in [1.82, 2.24) is 5.32 Å². The van der Waals surface area contributed by atoms with Crippen molar-refractivity contribution >= 4 is 11.9 Å². The van der Waals surface area contributed by atoms with E-state index in [4.69, 9.17) is 9.84 Å². The van der Waals surface area contributed by atoms with E-state index in [9.17, 15) is 35.9 Å². The summed E-state index contributed by atoms with van der Waals surface area (Å²) >= 11 is 0. The third-order valence-corrected chi connectivity index (χ3v) is 7.60. The van der Waals surface area contributed by atoms with Crippen LogP contribution >= 0.6 is 0 Å². The van der Waals surface area contributed by atoms with E-state index in [1.807, 2.05) is 0 Å². The minimum atomic E-state index is -4.79. The van der Waals surface area contributed by atoms with Crippen LogP contribution in [0.25, 0.3) is 0 Å². The molecule has 2 N–H and O–H groups in total. The first kappa shape index (κ1) is 31.7. The van der Waals surface area contributed by atoms with Gasteiger partial charge >= 0.3 is 18.5 Å². The van der Waals surface area contributed by atoms with Gasteiger partial charge in [-0.2, -0.15) is 13.2 Å². The Morgan fingerprint density at radius 3 is 1.86 bits per heavy atom. The van der Waals surface area contributed by atoms with Crippen molar-refractivity contribution < 1.29 is 50.5 Å². The topological polar surface area (TPSA) is 84.9 Å². The van der Waals surface area contributed by atoms with Crippen molar-refractivity contribution in [3.63, 3.8) is 0 Å². The molecule has 230 valence electrons. The van der Waals surface area contributed by atoms with Gasteiger partial charge in [-0.25, -0.2) is 0 Å². The third-order valence-electron chi connectivity index (χ3n) is 7.60. The minimum absolute atomic E-state index is 0.0368. The van der Waals surface area contributed by atoms with Gasteiger partial charge in [0.2, 0.25) is 0 Å². The molecule has 1 aliphatic carbocycles. The van der Waals surface area contributed by atoms with E-state index in [0.717, 1.165) is 11.1 Å². The van der Waals surface area contributed by atoms with Crippen molar-refractivity contribution in [2.45, 2.75) is 56.7 Å². The Kier molecular flexibility index (Phi) is 9.56. The van der Waals surface area contributed by atoms with Gasteiger partial charge in [-0.1, -0.05) is 36.4 Å². The second-order valence-electron chi connectivity index (χ2n) is 10.4. The quantitative estimate of drug-likeness (QED) is 0.234. The Hall–Kier alpha value is -4.22. The molecule has 43 heavy (non-hydrogen) atoms. The van der Waals surface area contributed by atoms with Gasteiger partial charge < -0.3 is 19.9 Å². The van der Waals surface area contributed by atoms with Crippen molar-refractivity contribution in [3.05, 3.63) is 95.1 Å². The van der Waals surface area contributed by atoms with Gasteiger partial charge in [-0.15, -0.1) is 13.2 Å². The van der Waals surface area contributed by atoms with Crippen LogP contribution in [0.1, 0.15) is 59.2 Å². The lowest BCUT2D eigenvalue weighted by Crippen LogP contribution is -2.37. The summed E-state index contributed by atoms with van der Waals surface area (Å²) in [5.74, 6) is -2.79. The molecule has 1 fully saturated rings. The average Bonchev–Trinajstić information content (AvgIpc) is 2.96. The smallest absolute Gasteiger partial charge is 0.489 e.